The monoisotopic (exact) mass is 244 g/mol. The fraction of sp³-hybridized carbons (Fsp3) is 0.615. The second-order valence-electron chi connectivity index (χ2n) is 6.46. The summed E-state index contributed by atoms with van der Waals surface area (Å²) in [6.45, 7) is 13.0. The summed E-state index contributed by atoms with van der Waals surface area (Å²) < 4.78 is 2.56. The van der Waals surface area contributed by atoms with Gasteiger partial charge in [0.05, 0.1) is 0 Å². The van der Waals surface area contributed by atoms with Crippen molar-refractivity contribution < 1.29 is 0 Å². The summed E-state index contributed by atoms with van der Waals surface area (Å²) in [5.41, 5.74) is 2.09. The van der Waals surface area contributed by atoms with Gasteiger partial charge in [0.15, 0.2) is 8.24 Å². The zero-order valence-electron chi connectivity index (χ0n) is 11.5. The van der Waals surface area contributed by atoms with E-state index in [1.807, 2.05) is 0 Å². The van der Waals surface area contributed by atoms with Crippen LogP contribution in [-0.4, -0.2) is 27.6 Å². The topological polar surface area (TPSA) is 16.1 Å². The molecule has 0 aromatic carbocycles. The third kappa shape index (κ3) is 2.03. The first-order valence-corrected chi connectivity index (χ1v) is 9.20. The van der Waals surface area contributed by atoms with Gasteiger partial charge < -0.3 is 4.57 Å². The fourth-order valence-corrected chi connectivity index (χ4v) is 4.45. The van der Waals surface area contributed by atoms with E-state index in [0.717, 1.165) is 18.4 Å². The molecule has 90 valence electrons. The molecule has 1 aromatic heterocycles. The average Bonchev–Trinajstić information content (AvgIpc) is 2.58. The molecule has 0 spiro atoms. The van der Waals surface area contributed by atoms with E-state index in [-0.39, 0.29) is 0 Å². The Bertz CT molecular complexity index is 438. The van der Waals surface area contributed by atoms with E-state index in [4.69, 9.17) is 7.85 Å². The maximum Gasteiger partial charge on any atom is 0.157 e. The number of hydrogen-bond donors (Lipinski definition) is 0. The largest absolute Gasteiger partial charge is 0.382 e. The van der Waals surface area contributed by atoms with Gasteiger partial charge >= 0.3 is 0 Å². The molecule has 0 bridgehead atoms. The fourth-order valence-electron chi connectivity index (χ4n) is 2.24. The first kappa shape index (κ1) is 12.7. The van der Waals surface area contributed by atoms with E-state index in [0.29, 0.717) is 5.04 Å². The van der Waals surface area contributed by atoms with Crippen molar-refractivity contribution in [2.45, 2.75) is 45.3 Å². The average molecular weight is 244 g/mol. The van der Waals surface area contributed by atoms with Crippen LogP contribution in [0.5, 0.6) is 0 Å². The third-order valence-electron chi connectivity index (χ3n) is 4.33. The summed E-state index contributed by atoms with van der Waals surface area (Å²) in [5.74, 6) is 1.17. The zero-order valence-corrected chi connectivity index (χ0v) is 12.5. The summed E-state index contributed by atoms with van der Waals surface area (Å²) in [7, 11) is 4.29. The van der Waals surface area contributed by atoms with Crippen LogP contribution in [-0.2, 0) is 6.42 Å². The van der Waals surface area contributed by atoms with Crippen LogP contribution in [0.15, 0.2) is 12.3 Å². The number of anilines is 1. The molecule has 0 fully saturated rings. The van der Waals surface area contributed by atoms with Crippen LogP contribution in [0.3, 0.4) is 0 Å². The molecule has 1 aliphatic rings. The Labute approximate surface area is 107 Å². The van der Waals surface area contributed by atoms with E-state index >= 15 is 0 Å². The van der Waals surface area contributed by atoms with Crippen molar-refractivity contribution in [2.24, 2.45) is 0 Å². The van der Waals surface area contributed by atoms with Crippen LogP contribution in [0.25, 0.3) is 0 Å². The summed E-state index contributed by atoms with van der Waals surface area (Å²) in [6, 6.07) is 2.08. The van der Waals surface area contributed by atoms with Crippen molar-refractivity contribution in [3.05, 3.63) is 17.8 Å². The highest BCUT2D eigenvalue weighted by atomic mass is 28.3. The summed E-state index contributed by atoms with van der Waals surface area (Å²) in [5, 5.41) is 0.345. The minimum Gasteiger partial charge on any atom is -0.382 e. The first-order valence-electron chi connectivity index (χ1n) is 6.25. The molecule has 2 radical (unpaired) electrons. The molecule has 2 nitrogen and oxygen atoms in total. The minimum atomic E-state index is -1.51. The van der Waals surface area contributed by atoms with Crippen molar-refractivity contribution in [3.63, 3.8) is 0 Å². The van der Waals surface area contributed by atoms with Crippen LogP contribution in [0.4, 0.5) is 5.82 Å². The number of fused-ring (bicyclic) bond motifs is 1. The van der Waals surface area contributed by atoms with Gasteiger partial charge in [0.2, 0.25) is 0 Å². The number of aromatic nitrogens is 1. The Morgan fingerprint density at radius 3 is 2.59 bits per heavy atom. The normalized spacial score (nSPS) is 16.2. The first-order chi connectivity index (χ1) is 7.73. The molecular weight excluding hydrogens is 223 g/mol. The second kappa shape index (κ2) is 3.87. The van der Waals surface area contributed by atoms with Gasteiger partial charge in [-0.15, -0.1) is 0 Å². The molecule has 0 amide bonds. The lowest BCUT2D eigenvalue weighted by atomic mass is 9.97. The van der Waals surface area contributed by atoms with E-state index in [2.05, 4.69) is 49.5 Å². The molecule has 0 unspecified atom stereocenters. The van der Waals surface area contributed by atoms with Crippen molar-refractivity contribution >= 4 is 27.4 Å². The lowest BCUT2D eigenvalue weighted by Gasteiger charge is -2.44. The van der Waals surface area contributed by atoms with Crippen molar-refractivity contribution in [1.82, 2.24) is 4.98 Å². The molecular formula is C13H21BN2Si. The van der Waals surface area contributed by atoms with Crippen molar-refractivity contribution in [3.8, 4) is 0 Å². The predicted molar refractivity (Wildman–Crippen MR) is 77.9 cm³/mol. The van der Waals surface area contributed by atoms with E-state index < -0.39 is 8.24 Å². The van der Waals surface area contributed by atoms with Gasteiger partial charge in [-0.2, -0.15) is 0 Å². The third-order valence-corrected chi connectivity index (χ3v) is 9.79. The number of nitrogens with zero attached hydrogens (tertiary/aromatic N) is 2. The standard InChI is InChI=1S/C13H21BN2Si/c1-13(2,3)17(4,5)16-7-6-10-8-11(14)9-15-12(10)16/h8-9H,6-7H2,1-5H3. The highest BCUT2D eigenvalue weighted by Crippen LogP contribution is 2.42. The summed E-state index contributed by atoms with van der Waals surface area (Å²) >= 11 is 0. The SMILES string of the molecule is [B]c1cnc2c(c1)CCN2[Si](C)(C)C(C)(C)C. The van der Waals surface area contributed by atoms with Gasteiger partial charge in [-0.25, -0.2) is 4.98 Å². The highest BCUT2D eigenvalue weighted by Gasteiger charge is 2.44. The molecule has 2 rings (SSSR count). The molecule has 17 heavy (non-hydrogen) atoms. The molecule has 2 heterocycles. The van der Waals surface area contributed by atoms with Gasteiger partial charge in [0, 0.05) is 12.7 Å². The molecule has 0 saturated carbocycles. The Morgan fingerprint density at radius 1 is 1.35 bits per heavy atom. The lowest BCUT2D eigenvalue weighted by Crippen LogP contribution is -2.54. The Hall–Kier alpha value is -0.768. The number of pyridine rings is 1. The maximum absolute atomic E-state index is 5.80. The Kier molecular flexibility index (Phi) is 2.89. The quantitative estimate of drug-likeness (QED) is 0.704. The van der Waals surface area contributed by atoms with E-state index in [1.165, 1.54) is 11.4 Å². The molecule has 0 aliphatic carbocycles. The van der Waals surface area contributed by atoms with Crippen LogP contribution in [0.1, 0.15) is 26.3 Å². The van der Waals surface area contributed by atoms with Gasteiger partial charge in [-0.05, 0) is 17.0 Å². The van der Waals surface area contributed by atoms with Crippen LogP contribution >= 0.6 is 0 Å². The second-order valence-corrected chi connectivity index (χ2v) is 11.6. The van der Waals surface area contributed by atoms with E-state index in [9.17, 15) is 0 Å². The molecule has 1 aliphatic heterocycles. The van der Waals surface area contributed by atoms with Crippen molar-refractivity contribution in [2.75, 3.05) is 11.1 Å². The molecule has 0 saturated heterocycles. The van der Waals surface area contributed by atoms with Crippen molar-refractivity contribution in [1.29, 1.82) is 0 Å². The number of rotatable bonds is 1. The van der Waals surface area contributed by atoms with Gasteiger partial charge in [0.25, 0.3) is 0 Å². The van der Waals surface area contributed by atoms with Gasteiger partial charge in [0.1, 0.15) is 13.7 Å². The van der Waals surface area contributed by atoms with Crippen LogP contribution in [0, 0.1) is 0 Å². The highest BCUT2D eigenvalue weighted by molar-refractivity contribution is 6.83. The summed E-state index contributed by atoms with van der Waals surface area (Å²) in [4.78, 5) is 4.56. The summed E-state index contributed by atoms with van der Waals surface area (Å²) in [6.07, 6.45) is 2.87. The van der Waals surface area contributed by atoms with Crippen LogP contribution < -0.4 is 10.0 Å². The Morgan fingerprint density at radius 2 is 2.00 bits per heavy atom. The predicted octanol–water partition coefficient (Wildman–Crippen LogP) is 2.24. The smallest absolute Gasteiger partial charge is 0.157 e. The van der Waals surface area contributed by atoms with E-state index in [1.54, 1.807) is 6.20 Å². The Balaban J connectivity index is 2.41. The lowest BCUT2D eigenvalue weighted by molar-refractivity contribution is 0.706. The van der Waals surface area contributed by atoms with Gasteiger partial charge in [-0.3, -0.25) is 0 Å². The zero-order chi connectivity index (χ0) is 12.8. The molecule has 0 N–H and O–H groups in total. The van der Waals surface area contributed by atoms with Gasteiger partial charge in [-0.1, -0.05) is 45.4 Å². The minimum absolute atomic E-state index is 0.345. The van der Waals surface area contributed by atoms with Crippen LogP contribution in [0.2, 0.25) is 18.1 Å². The maximum atomic E-state index is 5.80. The molecule has 1 aromatic rings. The molecule has 4 heteroatoms. The molecule has 0 atom stereocenters. The number of hydrogen-bond acceptors (Lipinski definition) is 2.